The maximum absolute atomic E-state index is 10.4. The average Bonchev–Trinajstić information content (AvgIpc) is 2.93. The van der Waals surface area contributed by atoms with E-state index in [1.807, 2.05) is 0 Å². The Kier molecular flexibility index (Phi) is 4.94. The third-order valence-electron chi connectivity index (χ3n) is 2.70. The van der Waals surface area contributed by atoms with Gasteiger partial charge < -0.3 is 10.0 Å². The van der Waals surface area contributed by atoms with Crippen LogP contribution in [0.4, 0.5) is 0 Å². The van der Waals surface area contributed by atoms with E-state index in [9.17, 15) is 4.79 Å². The molecule has 0 aromatic heterocycles. The fraction of sp³-hybridized carbons (Fsp3) is 0.909. The lowest BCUT2D eigenvalue weighted by atomic mass is 10.2. The molecule has 1 aliphatic rings. The zero-order valence-electron chi connectivity index (χ0n) is 9.04. The highest BCUT2D eigenvalue weighted by Gasteiger charge is 2.27. The third kappa shape index (κ3) is 4.61. The first kappa shape index (κ1) is 11.5. The molecule has 0 aliphatic heterocycles. The maximum atomic E-state index is 10.4. The predicted molar refractivity (Wildman–Crippen MR) is 56.4 cm³/mol. The maximum Gasteiger partial charge on any atom is 0.303 e. The number of carbonyl (C=O) groups is 1. The summed E-state index contributed by atoms with van der Waals surface area (Å²) in [5.41, 5.74) is 0. The lowest BCUT2D eigenvalue weighted by Gasteiger charge is -2.21. The second-order valence-electron chi connectivity index (χ2n) is 4.12. The van der Waals surface area contributed by atoms with Crippen molar-refractivity contribution < 1.29 is 9.90 Å². The number of aliphatic carboxylic acids is 1. The molecule has 0 bridgehead atoms. The van der Waals surface area contributed by atoms with Gasteiger partial charge in [0.1, 0.15) is 0 Å². The van der Waals surface area contributed by atoms with Crippen LogP contribution in [0.3, 0.4) is 0 Å². The van der Waals surface area contributed by atoms with Crippen molar-refractivity contribution in [1.29, 1.82) is 0 Å². The van der Waals surface area contributed by atoms with Crippen LogP contribution in [-0.2, 0) is 4.79 Å². The summed E-state index contributed by atoms with van der Waals surface area (Å²) < 4.78 is 0. The van der Waals surface area contributed by atoms with Gasteiger partial charge in [0.05, 0.1) is 0 Å². The van der Waals surface area contributed by atoms with E-state index in [1.165, 1.54) is 25.7 Å². The lowest BCUT2D eigenvalue weighted by Crippen LogP contribution is -2.28. The Morgan fingerprint density at radius 1 is 1.36 bits per heavy atom. The number of carboxylic acid groups (broad SMARTS) is 1. The highest BCUT2D eigenvalue weighted by Crippen LogP contribution is 2.27. The van der Waals surface area contributed by atoms with Crippen LogP contribution in [0.1, 0.15) is 45.4 Å². The van der Waals surface area contributed by atoms with Crippen LogP contribution in [0.2, 0.25) is 0 Å². The van der Waals surface area contributed by atoms with E-state index in [-0.39, 0.29) is 0 Å². The minimum atomic E-state index is -0.670. The molecule has 1 N–H and O–H groups in total. The van der Waals surface area contributed by atoms with E-state index in [0.717, 1.165) is 25.6 Å². The Morgan fingerprint density at radius 2 is 2.00 bits per heavy atom. The Labute approximate surface area is 86.1 Å². The molecule has 0 unspecified atom stereocenters. The summed E-state index contributed by atoms with van der Waals surface area (Å²) in [6, 6.07) is 0.773. The SMILES string of the molecule is CCCCN(CCCC(=O)O)C1CC1. The minimum absolute atomic E-state index is 0.315. The zero-order valence-corrected chi connectivity index (χ0v) is 9.04. The van der Waals surface area contributed by atoms with Crippen molar-refractivity contribution >= 4 is 5.97 Å². The molecule has 14 heavy (non-hydrogen) atoms. The van der Waals surface area contributed by atoms with Gasteiger partial charge in [-0.2, -0.15) is 0 Å². The molecule has 3 nitrogen and oxygen atoms in total. The highest BCUT2D eigenvalue weighted by molar-refractivity contribution is 5.66. The number of nitrogens with zero attached hydrogens (tertiary/aromatic N) is 1. The van der Waals surface area contributed by atoms with Gasteiger partial charge in [-0.25, -0.2) is 0 Å². The van der Waals surface area contributed by atoms with Crippen LogP contribution >= 0.6 is 0 Å². The molecule has 0 heterocycles. The van der Waals surface area contributed by atoms with Crippen LogP contribution in [0.5, 0.6) is 0 Å². The molecular formula is C11H21NO2. The van der Waals surface area contributed by atoms with E-state index >= 15 is 0 Å². The highest BCUT2D eigenvalue weighted by atomic mass is 16.4. The zero-order chi connectivity index (χ0) is 10.4. The van der Waals surface area contributed by atoms with Crippen molar-refractivity contribution in [2.75, 3.05) is 13.1 Å². The molecule has 0 aromatic carbocycles. The van der Waals surface area contributed by atoms with Crippen LogP contribution in [0.25, 0.3) is 0 Å². The number of rotatable bonds is 8. The van der Waals surface area contributed by atoms with Crippen LogP contribution in [-0.4, -0.2) is 35.1 Å². The molecule has 0 radical (unpaired) electrons. The largest absolute Gasteiger partial charge is 0.481 e. The molecule has 0 atom stereocenters. The van der Waals surface area contributed by atoms with Gasteiger partial charge in [0.25, 0.3) is 0 Å². The molecule has 1 aliphatic carbocycles. The first-order chi connectivity index (χ1) is 6.74. The summed E-state index contributed by atoms with van der Waals surface area (Å²) >= 11 is 0. The normalized spacial score (nSPS) is 16.1. The van der Waals surface area contributed by atoms with Crippen molar-refractivity contribution in [3.05, 3.63) is 0 Å². The smallest absolute Gasteiger partial charge is 0.303 e. The van der Waals surface area contributed by atoms with Gasteiger partial charge in [-0.1, -0.05) is 13.3 Å². The van der Waals surface area contributed by atoms with Crippen molar-refractivity contribution in [2.24, 2.45) is 0 Å². The fourth-order valence-corrected chi connectivity index (χ4v) is 1.71. The summed E-state index contributed by atoms with van der Waals surface area (Å²) in [4.78, 5) is 12.8. The van der Waals surface area contributed by atoms with Crippen molar-refractivity contribution in [1.82, 2.24) is 4.90 Å². The van der Waals surface area contributed by atoms with E-state index < -0.39 is 5.97 Å². The van der Waals surface area contributed by atoms with Gasteiger partial charge in [-0.05, 0) is 38.8 Å². The summed E-state index contributed by atoms with van der Waals surface area (Å²) in [5.74, 6) is -0.670. The minimum Gasteiger partial charge on any atom is -0.481 e. The topological polar surface area (TPSA) is 40.5 Å². The van der Waals surface area contributed by atoms with Gasteiger partial charge in [-0.3, -0.25) is 4.79 Å². The van der Waals surface area contributed by atoms with Gasteiger partial charge in [0.15, 0.2) is 0 Å². The monoisotopic (exact) mass is 199 g/mol. The fourth-order valence-electron chi connectivity index (χ4n) is 1.71. The van der Waals surface area contributed by atoms with Crippen LogP contribution in [0.15, 0.2) is 0 Å². The molecule has 1 fully saturated rings. The average molecular weight is 199 g/mol. The molecule has 0 saturated heterocycles. The number of hydrogen-bond donors (Lipinski definition) is 1. The summed E-state index contributed by atoms with van der Waals surface area (Å²) in [5, 5.41) is 8.54. The standard InChI is InChI=1S/C11H21NO2/c1-2-3-8-12(10-6-7-10)9-4-5-11(13)14/h10H,2-9H2,1H3,(H,13,14). The first-order valence-corrected chi connectivity index (χ1v) is 5.70. The lowest BCUT2D eigenvalue weighted by molar-refractivity contribution is -0.137. The Balaban J connectivity index is 2.11. The van der Waals surface area contributed by atoms with E-state index in [1.54, 1.807) is 0 Å². The van der Waals surface area contributed by atoms with E-state index in [4.69, 9.17) is 5.11 Å². The van der Waals surface area contributed by atoms with Gasteiger partial charge in [-0.15, -0.1) is 0 Å². The summed E-state index contributed by atoms with van der Waals surface area (Å²) in [7, 11) is 0. The van der Waals surface area contributed by atoms with Gasteiger partial charge in [0, 0.05) is 12.5 Å². The molecule has 82 valence electrons. The number of carboxylic acids is 1. The van der Waals surface area contributed by atoms with Gasteiger partial charge >= 0.3 is 5.97 Å². The van der Waals surface area contributed by atoms with E-state index in [2.05, 4.69) is 11.8 Å². The quantitative estimate of drug-likeness (QED) is 0.651. The molecule has 3 heteroatoms. The van der Waals surface area contributed by atoms with Crippen LogP contribution < -0.4 is 0 Å². The molecule has 1 saturated carbocycles. The van der Waals surface area contributed by atoms with Gasteiger partial charge in [0.2, 0.25) is 0 Å². The molecular weight excluding hydrogens is 178 g/mol. The summed E-state index contributed by atoms with van der Waals surface area (Å²) in [6.45, 7) is 4.32. The van der Waals surface area contributed by atoms with Crippen molar-refractivity contribution in [3.8, 4) is 0 Å². The molecule has 1 rings (SSSR count). The Morgan fingerprint density at radius 3 is 2.50 bits per heavy atom. The first-order valence-electron chi connectivity index (χ1n) is 5.70. The van der Waals surface area contributed by atoms with Crippen LogP contribution in [0, 0.1) is 0 Å². The number of unbranched alkanes of at least 4 members (excludes halogenated alkanes) is 1. The Hall–Kier alpha value is -0.570. The molecule has 0 aromatic rings. The Bertz CT molecular complexity index is 178. The second-order valence-corrected chi connectivity index (χ2v) is 4.12. The summed E-state index contributed by atoms with van der Waals surface area (Å²) in [6.07, 6.45) is 6.21. The molecule has 0 spiro atoms. The second kappa shape index (κ2) is 6.02. The van der Waals surface area contributed by atoms with Crippen molar-refractivity contribution in [2.45, 2.75) is 51.5 Å². The van der Waals surface area contributed by atoms with Crippen molar-refractivity contribution in [3.63, 3.8) is 0 Å². The third-order valence-corrected chi connectivity index (χ3v) is 2.70. The number of hydrogen-bond acceptors (Lipinski definition) is 2. The predicted octanol–water partition coefficient (Wildman–Crippen LogP) is 2.12. The molecule has 0 amide bonds. The van der Waals surface area contributed by atoms with E-state index in [0.29, 0.717) is 6.42 Å².